The standard InChI is InChI=1S/C12H16F2N2O/c1-3-8(2)15-7-11(17)16-10-6-4-5-9(13)12(10)14/h4-6,8,15H,3,7H2,1-2H3,(H,16,17). The summed E-state index contributed by atoms with van der Waals surface area (Å²) in [6, 6.07) is 3.87. The second-order valence-electron chi connectivity index (χ2n) is 3.84. The molecule has 0 fully saturated rings. The number of rotatable bonds is 5. The lowest BCUT2D eigenvalue weighted by Crippen LogP contribution is -2.34. The highest BCUT2D eigenvalue weighted by Crippen LogP contribution is 2.16. The van der Waals surface area contributed by atoms with Crippen LogP contribution in [0.25, 0.3) is 0 Å². The molecule has 0 aromatic heterocycles. The molecule has 17 heavy (non-hydrogen) atoms. The first-order chi connectivity index (χ1) is 8.04. The fourth-order valence-electron chi connectivity index (χ4n) is 1.21. The number of anilines is 1. The Kier molecular flexibility index (Phi) is 5.03. The van der Waals surface area contributed by atoms with Gasteiger partial charge in [-0.3, -0.25) is 4.79 Å². The number of amides is 1. The van der Waals surface area contributed by atoms with Crippen LogP contribution in [-0.2, 0) is 4.79 Å². The summed E-state index contributed by atoms with van der Waals surface area (Å²) >= 11 is 0. The van der Waals surface area contributed by atoms with Gasteiger partial charge in [-0.2, -0.15) is 0 Å². The molecule has 0 spiro atoms. The van der Waals surface area contributed by atoms with E-state index in [0.717, 1.165) is 12.5 Å². The summed E-state index contributed by atoms with van der Waals surface area (Å²) in [5.41, 5.74) is -0.138. The monoisotopic (exact) mass is 242 g/mol. The maximum absolute atomic E-state index is 13.2. The molecule has 1 aromatic carbocycles. The second kappa shape index (κ2) is 6.30. The van der Waals surface area contributed by atoms with Crippen molar-refractivity contribution in [1.82, 2.24) is 5.32 Å². The van der Waals surface area contributed by atoms with E-state index in [4.69, 9.17) is 0 Å². The zero-order valence-corrected chi connectivity index (χ0v) is 9.89. The smallest absolute Gasteiger partial charge is 0.238 e. The topological polar surface area (TPSA) is 41.1 Å². The third kappa shape index (κ3) is 4.11. The molecule has 0 saturated carbocycles. The minimum Gasteiger partial charge on any atom is -0.322 e. The summed E-state index contributed by atoms with van der Waals surface area (Å²) in [7, 11) is 0. The molecule has 1 amide bonds. The summed E-state index contributed by atoms with van der Waals surface area (Å²) < 4.78 is 26.1. The molecular formula is C12H16F2N2O. The van der Waals surface area contributed by atoms with Crippen LogP contribution >= 0.6 is 0 Å². The van der Waals surface area contributed by atoms with Crippen molar-refractivity contribution >= 4 is 11.6 Å². The normalized spacial score (nSPS) is 12.2. The number of carbonyl (C=O) groups is 1. The number of hydrogen-bond donors (Lipinski definition) is 2. The minimum absolute atomic E-state index is 0.0744. The van der Waals surface area contributed by atoms with E-state index in [9.17, 15) is 13.6 Å². The summed E-state index contributed by atoms with van der Waals surface area (Å²) in [4.78, 5) is 11.4. The molecule has 2 N–H and O–H groups in total. The Hall–Kier alpha value is -1.49. The van der Waals surface area contributed by atoms with E-state index in [0.29, 0.717) is 0 Å². The van der Waals surface area contributed by atoms with Crippen LogP contribution in [0.5, 0.6) is 0 Å². The van der Waals surface area contributed by atoms with Gasteiger partial charge in [0, 0.05) is 6.04 Å². The molecule has 1 rings (SSSR count). The SMILES string of the molecule is CCC(C)NCC(=O)Nc1cccc(F)c1F. The Morgan fingerprint density at radius 1 is 1.41 bits per heavy atom. The highest BCUT2D eigenvalue weighted by atomic mass is 19.2. The van der Waals surface area contributed by atoms with Crippen molar-refractivity contribution in [2.45, 2.75) is 26.3 Å². The molecule has 0 saturated heterocycles. The lowest BCUT2D eigenvalue weighted by Gasteiger charge is -2.11. The molecule has 0 aliphatic rings. The van der Waals surface area contributed by atoms with Crippen molar-refractivity contribution in [1.29, 1.82) is 0 Å². The van der Waals surface area contributed by atoms with Crippen molar-refractivity contribution in [3.05, 3.63) is 29.8 Å². The fourth-order valence-corrected chi connectivity index (χ4v) is 1.21. The Labute approximate surface area is 99.2 Å². The average Bonchev–Trinajstić information content (AvgIpc) is 2.32. The molecule has 0 radical (unpaired) electrons. The van der Waals surface area contributed by atoms with E-state index < -0.39 is 17.5 Å². The Morgan fingerprint density at radius 2 is 2.12 bits per heavy atom. The Balaban J connectivity index is 2.54. The summed E-state index contributed by atoms with van der Waals surface area (Å²) in [6.07, 6.45) is 0.890. The number of carbonyl (C=O) groups excluding carboxylic acids is 1. The van der Waals surface area contributed by atoms with Crippen molar-refractivity contribution in [2.24, 2.45) is 0 Å². The van der Waals surface area contributed by atoms with E-state index in [1.54, 1.807) is 0 Å². The van der Waals surface area contributed by atoms with E-state index >= 15 is 0 Å². The number of nitrogens with one attached hydrogen (secondary N) is 2. The van der Waals surface area contributed by atoms with Gasteiger partial charge in [0.05, 0.1) is 12.2 Å². The van der Waals surface area contributed by atoms with Crippen LogP contribution in [0, 0.1) is 11.6 Å². The van der Waals surface area contributed by atoms with Gasteiger partial charge in [-0.05, 0) is 25.5 Å². The highest BCUT2D eigenvalue weighted by Gasteiger charge is 2.10. The van der Waals surface area contributed by atoms with Gasteiger partial charge in [0.25, 0.3) is 0 Å². The molecule has 94 valence electrons. The van der Waals surface area contributed by atoms with Gasteiger partial charge in [-0.25, -0.2) is 8.78 Å². The maximum atomic E-state index is 13.2. The van der Waals surface area contributed by atoms with Crippen LogP contribution in [0.2, 0.25) is 0 Å². The van der Waals surface area contributed by atoms with Gasteiger partial charge < -0.3 is 10.6 Å². The van der Waals surface area contributed by atoms with Crippen molar-refractivity contribution in [3.63, 3.8) is 0 Å². The molecule has 0 heterocycles. The van der Waals surface area contributed by atoms with Crippen molar-refractivity contribution < 1.29 is 13.6 Å². The lowest BCUT2D eigenvalue weighted by atomic mass is 10.2. The van der Waals surface area contributed by atoms with Gasteiger partial charge in [0.2, 0.25) is 5.91 Å². The van der Waals surface area contributed by atoms with Gasteiger partial charge in [0.1, 0.15) is 0 Å². The van der Waals surface area contributed by atoms with Crippen LogP contribution in [0.1, 0.15) is 20.3 Å². The quantitative estimate of drug-likeness (QED) is 0.831. The Morgan fingerprint density at radius 3 is 2.76 bits per heavy atom. The van der Waals surface area contributed by atoms with Crippen LogP contribution < -0.4 is 10.6 Å². The molecule has 5 heteroatoms. The van der Waals surface area contributed by atoms with Crippen LogP contribution in [0.3, 0.4) is 0 Å². The van der Waals surface area contributed by atoms with Crippen LogP contribution in [0.15, 0.2) is 18.2 Å². The average molecular weight is 242 g/mol. The molecule has 0 aliphatic carbocycles. The Bertz CT molecular complexity index is 396. The first-order valence-corrected chi connectivity index (χ1v) is 5.51. The maximum Gasteiger partial charge on any atom is 0.238 e. The number of hydrogen-bond acceptors (Lipinski definition) is 2. The number of benzene rings is 1. The van der Waals surface area contributed by atoms with E-state index in [1.807, 2.05) is 13.8 Å². The molecule has 1 atom stereocenters. The molecule has 1 unspecified atom stereocenters. The zero-order valence-electron chi connectivity index (χ0n) is 9.89. The van der Waals surface area contributed by atoms with Crippen LogP contribution in [0.4, 0.5) is 14.5 Å². The molecule has 0 aliphatic heterocycles. The predicted octanol–water partition coefficient (Wildman–Crippen LogP) is 2.29. The zero-order chi connectivity index (χ0) is 12.8. The van der Waals surface area contributed by atoms with Crippen molar-refractivity contribution in [2.75, 3.05) is 11.9 Å². The molecular weight excluding hydrogens is 226 g/mol. The van der Waals surface area contributed by atoms with Gasteiger partial charge in [-0.15, -0.1) is 0 Å². The summed E-state index contributed by atoms with van der Waals surface area (Å²) in [6.45, 7) is 4.00. The molecule has 1 aromatic rings. The highest BCUT2D eigenvalue weighted by molar-refractivity contribution is 5.92. The van der Waals surface area contributed by atoms with E-state index in [2.05, 4.69) is 10.6 Å². The predicted molar refractivity (Wildman–Crippen MR) is 62.7 cm³/mol. The third-order valence-corrected chi connectivity index (χ3v) is 2.45. The fraction of sp³-hybridized carbons (Fsp3) is 0.417. The second-order valence-corrected chi connectivity index (χ2v) is 3.84. The lowest BCUT2D eigenvalue weighted by molar-refractivity contribution is -0.115. The van der Waals surface area contributed by atoms with E-state index in [1.165, 1.54) is 12.1 Å². The number of halogens is 2. The van der Waals surface area contributed by atoms with Gasteiger partial charge >= 0.3 is 0 Å². The minimum atomic E-state index is -1.04. The summed E-state index contributed by atoms with van der Waals surface area (Å²) in [5.74, 6) is -2.41. The molecule has 3 nitrogen and oxygen atoms in total. The van der Waals surface area contributed by atoms with E-state index in [-0.39, 0.29) is 18.3 Å². The van der Waals surface area contributed by atoms with Crippen molar-refractivity contribution in [3.8, 4) is 0 Å². The largest absolute Gasteiger partial charge is 0.322 e. The third-order valence-electron chi connectivity index (χ3n) is 2.45. The first kappa shape index (κ1) is 13.6. The van der Waals surface area contributed by atoms with Gasteiger partial charge in [0.15, 0.2) is 11.6 Å². The summed E-state index contributed by atoms with van der Waals surface area (Å²) in [5, 5.41) is 5.27. The van der Waals surface area contributed by atoms with Crippen LogP contribution in [-0.4, -0.2) is 18.5 Å². The molecule has 0 bridgehead atoms. The first-order valence-electron chi connectivity index (χ1n) is 5.51. The van der Waals surface area contributed by atoms with Gasteiger partial charge in [-0.1, -0.05) is 13.0 Å².